The highest BCUT2D eigenvalue weighted by Gasteiger charge is 2.20. The maximum absolute atomic E-state index is 12.6. The summed E-state index contributed by atoms with van der Waals surface area (Å²) in [5.74, 6) is 0.997. The summed E-state index contributed by atoms with van der Waals surface area (Å²) < 4.78 is 5.12. The predicted octanol–water partition coefficient (Wildman–Crippen LogP) is 3.82. The van der Waals surface area contributed by atoms with Crippen LogP contribution in [0, 0.1) is 13.8 Å². The van der Waals surface area contributed by atoms with Crippen LogP contribution in [0.4, 0.5) is 4.79 Å². The first-order valence-electron chi connectivity index (χ1n) is 7.90. The van der Waals surface area contributed by atoms with E-state index in [9.17, 15) is 4.79 Å². The second-order valence-corrected chi connectivity index (χ2v) is 7.01. The molecule has 1 N–H and O–H groups in total. The average molecular weight is 336 g/mol. The molecule has 1 atom stereocenters. The number of hydrogen-bond acceptors (Lipinski definition) is 5. The molecule has 0 aromatic carbocycles. The molecule has 7 heteroatoms. The van der Waals surface area contributed by atoms with Crippen LogP contribution in [0.3, 0.4) is 0 Å². The predicted molar refractivity (Wildman–Crippen MR) is 90.4 cm³/mol. The van der Waals surface area contributed by atoms with Crippen LogP contribution >= 0.6 is 11.3 Å². The van der Waals surface area contributed by atoms with Gasteiger partial charge in [-0.15, -0.1) is 11.3 Å². The molecule has 0 aliphatic rings. The van der Waals surface area contributed by atoms with Gasteiger partial charge in [-0.25, -0.2) is 4.79 Å². The lowest BCUT2D eigenvalue weighted by atomic mass is 10.3. The van der Waals surface area contributed by atoms with E-state index in [0.717, 1.165) is 19.4 Å². The molecule has 2 heterocycles. The van der Waals surface area contributed by atoms with Crippen molar-refractivity contribution in [3.05, 3.63) is 33.6 Å². The summed E-state index contributed by atoms with van der Waals surface area (Å²) >= 11 is 1.72. The minimum Gasteiger partial charge on any atom is -0.337 e. The Kier molecular flexibility index (Phi) is 6.15. The van der Waals surface area contributed by atoms with Gasteiger partial charge in [0, 0.05) is 16.3 Å². The molecule has 6 nitrogen and oxygen atoms in total. The second-order valence-electron chi connectivity index (χ2n) is 5.64. The highest BCUT2D eigenvalue weighted by atomic mass is 32.1. The van der Waals surface area contributed by atoms with Crippen molar-refractivity contribution in [1.29, 1.82) is 0 Å². The first-order chi connectivity index (χ1) is 11.0. The van der Waals surface area contributed by atoms with Gasteiger partial charge in [-0.1, -0.05) is 18.5 Å². The number of aromatic nitrogens is 2. The molecule has 2 rings (SSSR count). The van der Waals surface area contributed by atoms with Gasteiger partial charge in [0.15, 0.2) is 5.82 Å². The normalized spacial score (nSPS) is 12.2. The number of nitrogens with zero attached hydrogens (tertiary/aromatic N) is 3. The molecule has 0 aliphatic carbocycles. The van der Waals surface area contributed by atoms with Crippen LogP contribution in [0.15, 0.2) is 16.7 Å². The molecule has 0 saturated carbocycles. The zero-order chi connectivity index (χ0) is 16.8. The fourth-order valence-electron chi connectivity index (χ4n) is 2.19. The summed E-state index contributed by atoms with van der Waals surface area (Å²) in [6, 6.07) is 3.75. The molecule has 2 aromatic rings. The molecule has 0 fully saturated rings. The Bertz CT molecular complexity index is 638. The number of hydrogen-bond donors (Lipinski definition) is 1. The van der Waals surface area contributed by atoms with Gasteiger partial charge in [0.1, 0.15) is 6.04 Å². The SMILES string of the molecule is CCCCN(Cc1ccc(C)s1)C(=O)N[C@H](C)c1nc(C)no1. The van der Waals surface area contributed by atoms with Gasteiger partial charge in [-0.3, -0.25) is 0 Å². The van der Waals surface area contributed by atoms with Gasteiger partial charge < -0.3 is 14.7 Å². The topological polar surface area (TPSA) is 71.3 Å². The van der Waals surface area contributed by atoms with Crippen LogP contribution in [0.25, 0.3) is 0 Å². The summed E-state index contributed by atoms with van der Waals surface area (Å²) in [6.07, 6.45) is 2.03. The quantitative estimate of drug-likeness (QED) is 0.834. The monoisotopic (exact) mass is 336 g/mol. The van der Waals surface area contributed by atoms with Crippen molar-refractivity contribution in [2.24, 2.45) is 0 Å². The number of carbonyl (C=O) groups excluding carboxylic acids is 1. The minimum absolute atomic E-state index is 0.104. The number of carbonyl (C=O) groups is 1. The molecule has 2 aromatic heterocycles. The van der Waals surface area contributed by atoms with Crippen molar-refractivity contribution in [2.75, 3.05) is 6.54 Å². The Morgan fingerprint density at radius 3 is 2.78 bits per heavy atom. The van der Waals surface area contributed by atoms with Crippen molar-refractivity contribution < 1.29 is 9.32 Å². The van der Waals surface area contributed by atoms with E-state index in [1.807, 2.05) is 11.8 Å². The molecule has 0 spiro atoms. The zero-order valence-electron chi connectivity index (χ0n) is 14.1. The number of rotatable bonds is 7. The van der Waals surface area contributed by atoms with Gasteiger partial charge in [0.25, 0.3) is 0 Å². The first-order valence-corrected chi connectivity index (χ1v) is 8.72. The summed E-state index contributed by atoms with van der Waals surface area (Å²) in [7, 11) is 0. The maximum Gasteiger partial charge on any atom is 0.318 e. The number of thiophene rings is 1. The molecular formula is C16H24N4O2S. The Morgan fingerprint density at radius 1 is 1.43 bits per heavy atom. The summed E-state index contributed by atoms with van der Waals surface area (Å²) in [5.41, 5.74) is 0. The van der Waals surface area contributed by atoms with E-state index in [1.54, 1.807) is 18.3 Å². The number of nitrogens with one attached hydrogen (secondary N) is 1. The lowest BCUT2D eigenvalue weighted by molar-refractivity contribution is 0.188. The van der Waals surface area contributed by atoms with Crippen molar-refractivity contribution in [1.82, 2.24) is 20.4 Å². The Balaban J connectivity index is 2.00. The molecule has 0 unspecified atom stereocenters. The third-order valence-corrected chi connectivity index (χ3v) is 4.45. The van der Waals surface area contributed by atoms with Gasteiger partial charge >= 0.3 is 6.03 Å². The fraction of sp³-hybridized carbons (Fsp3) is 0.562. The Hall–Kier alpha value is -1.89. The van der Waals surface area contributed by atoms with E-state index in [-0.39, 0.29) is 12.1 Å². The smallest absolute Gasteiger partial charge is 0.318 e. The zero-order valence-corrected chi connectivity index (χ0v) is 14.9. The lowest BCUT2D eigenvalue weighted by Gasteiger charge is -2.23. The number of unbranched alkanes of at least 4 members (excludes halogenated alkanes) is 1. The van der Waals surface area contributed by atoms with Gasteiger partial charge in [-0.05, 0) is 39.3 Å². The first kappa shape index (κ1) is 17.5. The highest BCUT2D eigenvalue weighted by molar-refractivity contribution is 7.11. The molecule has 2 amide bonds. The van der Waals surface area contributed by atoms with Crippen molar-refractivity contribution in [2.45, 2.75) is 53.1 Å². The van der Waals surface area contributed by atoms with Crippen LogP contribution in [-0.4, -0.2) is 27.6 Å². The number of amides is 2. The van der Waals surface area contributed by atoms with Gasteiger partial charge in [0.05, 0.1) is 6.54 Å². The van der Waals surface area contributed by atoms with Gasteiger partial charge in [-0.2, -0.15) is 4.98 Å². The van der Waals surface area contributed by atoms with Crippen molar-refractivity contribution in [3.8, 4) is 0 Å². The molecular weight excluding hydrogens is 312 g/mol. The van der Waals surface area contributed by atoms with Crippen molar-refractivity contribution in [3.63, 3.8) is 0 Å². The van der Waals surface area contributed by atoms with Gasteiger partial charge in [0.2, 0.25) is 5.89 Å². The average Bonchev–Trinajstić information content (AvgIpc) is 3.12. The molecule has 0 aliphatic heterocycles. The van der Waals surface area contributed by atoms with E-state index in [4.69, 9.17) is 4.52 Å². The summed E-state index contributed by atoms with van der Waals surface area (Å²) in [6.45, 7) is 9.15. The van der Waals surface area contributed by atoms with Crippen LogP contribution in [0.5, 0.6) is 0 Å². The number of aryl methyl sites for hydroxylation is 2. The molecule has 23 heavy (non-hydrogen) atoms. The molecule has 0 saturated heterocycles. The third kappa shape index (κ3) is 5.06. The van der Waals surface area contributed by atoms with Crippen LogP contribution < -0.4 is 5.32 Å². The van der Waals surface area contributed by atoms with E-state index in [2.05, 4.69) is 41.4 Å². The van der Waals surface area contributed by atoms with Crippen LogP contribution in [0.2, 0.25) is 0 Å². The van der Waals surface area contributed by atoms with Crippen LogP contribution in [-0.2, 0) is 6.54 Å². The van der Waals surface area contributed by atoms with E-state index < -0.39 is 0 Å². The highest BCUT2D eigenvalue weighted by Crippen LogP contribution is 2.18. The summed E-state index contributed by atoms with van der Waals surface area (Å²) in [5, 5.41) is 6.70. The van der Waals surface area contributed by atoms with Crippen LogP contribution in [0.1, 0.15) is 54.2 Å². The molecule has 126 valence electrons. The lowest BCUT2D eigenvalue weighted by Crippen LogP contribution is -2.41. The number of urea groups is 1. The Morgan fingerprint density at radius 2 is 2.22 bits per heavy atom. The molecule has 0 radical (unpaired) electrons. The van der Waals surface area contributed by atoms with Crippen molar-refractivity contribution >= 4 is 17.4 Å². The molecule has 0 bridgehead atoms. The minimum atomic E-state index is -0.308. The summed E-state index contributed by atoms with van der Waals surface area (Å²) in [4.78, 5) is 21.0. The van der Waals surface area contributed by atoms with E-state index in [0.29, 0.717) is 18.3 Å². The largest absolute Gasteiger partial charge is 0.337 e. The standard InChI is InChI=1S/C16H24N4O2S/c1-5-6-9-20(10-14-8-7-11(2)23-14)16(21)17-12(3)15-18-13(4)19-22-15/h7-8,12H,5-6,9-10H2,1-4H3,(H,17,21)/t12-/m1/s1. The maximum atomic E-state index is 12.6. The van der Waals surface area contributed by atoms with E-state index in [1.165, 1.54) is 9.75 Å². The van der Waals surface area contributed by atoms with E-state index >= 15 is 0 Å². The Labute approximate surface area is 140 Å². The fourth-order valence-corrected chi connectivity index (χ4v) is 3.09. The second kappa shape index (κ2) is 8.10. The third-order valence-electron chi connectivity index (χ3n) is 3.47.